The van der Waals surface area contributed by atoms with Gasteiger partial charge in [-0.1, -0.05) is 0 Å². The topological polar surface area (TPSA) is 110 Å². The molecule has 4 amide bonds. The average Bonchev–Trinajstić information content (AvgIpc) is 2.93. The normalized spacial score (nSPS) is 17.5. The molecule has 0 saturated carbocycles. The molecule has 0 aromatic rings. The fourth-order valence-corrected chi connectivity index (χ4v) is 1.42. The van der Waals surface area contributed by atoms with Gasteiger partial charge in [-0.2, -0.15) is 0 Å². The second-order valence-electron chi connectivity index (χ2n) is 3.74. The molecule has 0 aromatic carbocycles. The van der Waals surface area contributed by atoms with Crippen LogP contribution in [0, 0.1) is 0 Å². The van der Waals surface area contributed by atoms with Gasteiger partial charge in [0.1, 0.15) is 6.26 Å². The van der Waals surface area contributed by atoms with Crippen molar-refractivity contribution in [1.29, 1.82) is 0 Å². The predicted octanol–water partition coefficient (Wildman–Crippen LogP) is -0.582. The molecule has 0 saturated heterocycles. The van der Waals surface area contributed by atoms with E-state index >= 15 is 0 Å². The number of imide groups is 2. The Hall–Kier alpha value is -3.23. The Morgan fingerprint density at radius 2 is 1.48 bits per heavy atom. The molecular formula is C12H8N2O7. The van der Waals surface area contributed by atoms with Crippen molar-refractivity contribution in [1.82, 2.24) is 9.80 Å². The van der Waals surface area contributed by atoms with Crippen molar-refractivity contribution < 1.29 is 33.4 Å². The SMILES string of the molecule is O=C(OC=CN1C(=O)C=CC1=O)OCN1C(=O)C=CC1=O. The van der Waals surface area contributed by atoms with Crippen LogP contribution in [-0.2, 0) is 28.7 Å². The second-order valence-corrected chi connectivity index (χ2v) is 3.74. The highest BCUT2D eigenvalue weighted by Crippen LogP contribution is 2.05. The maximum absolute atomic E-state index is 11.2. The molecule has 0 aromatic heterocycles. The first-order chi connectivity index (χ1) is 9.99. The van der Waals surface area contributed by atoms with Crippen LogP contribution >= 0.6 is 0 Å². The maximum atomic E-state index is 11.2. The van der Waals surface area contributed by atoms with Crippen LogP contribution in [0.25, 0.3) is 0 Å². The molecule has 0 bridgehead atoms. The third-order valence-corrected chi connectivity index (χ3v) is 2.43. The van der Waals surface area contributed by atoms with Crippen molar-refractivity contribution in [2.24, 2.45) is 0 Å². The fourth-order valence-electron chi connectivity index (χ4n) is 1.42. The smallest absolute Gasteiger partial charge is 0.412 e. The van der Waals surface area contributed by atoms with Crippen LogP contribution < -0.4 is 0 Å². The zero-order valence-corrected chi connectivity index (χ0v) is 10.4. The van der Waals surface area contributed by atoms with E-state index < -0.39 is 36.5 Å². The fraction of sp³-hybridized carbons (Fsp3) is 0.0833. The highest BCUT2D eigenvalue weighted by molar-refractivity contribution is 6.13. The Kier molecular flexibility index (Phi) is 3.93. The number of carbonyl (C=O) groups is 5. The Balaban J connectivity index is 1.75. The molecule has 0 N–H and O–H groups in total. The minimum absolute atomic E-state index is 0.576. The number of amides is 4. The molecule has 2 aliphatic rings. The van der Waals surface area contributed by atoms with Crippen molar-refractivity contribution in [3.8, 4) is 0 Å². The summed E-state index contributed by atoms with van der Waals surface area (Å²) in [7, 11) is 0. The van der Waals surface area contributed by atoms with Gasteiger partial charge in [-0.05, 0) is 0 Å². The predicted molar refractivity (Wildman–Crippen MR) is 63.6 cm³/mol. The molecule has 2 aliphatic heterocycles. The van der Waals surface area contributed by atoms with Crippen molar-refractivity contribution in [3.63, 3.8) is 0 Å². The standard InChI is InChI=1S/C12H8N2O7/c15-8-1-2-9(16)13(8)5-6-20-12(19)21-7-14-10(17)3-4-11(14)18/h1-6H,7H2. The summed E-state index contributed by atoms with van der Waals surface area (Å²) in [5.41, 5.74) is 0. The van der Waals surface area contributed by atoms with E-state index in [9.17, 15) is 24.0 Å². The Morgan fingerprint density at radius 1 is 0.952 bits per heavy atom. The molecule has 108 valence electrons. The summed E-state index contributed by atoms with van der Waals surface area (Å²) in [6, 6.07) is 0. The molecule has 21 heavy (non-hydrogen) atoms. The van der Waals surface area contributed by atoms with Crippen LogP contribution in [0.15, 0.2) is 36.8 Å². The molecular weight excluding hydrogens is 284 g/mol. The molecule has 9 nitrogen and oxygen atoms in total. The molecule has 2 rings (SSSR count). The highest BCUT2D eigenvalue weighted by Gasteiger charge is 2.25. The second kappa shape index (κ2) is 5.82. The molecule has 0 aliphatic carbocycles. The van der Waals surface area contributed by atoms with Crippen molar-refractivity contribution in [2.45, 2.75) is 0 Å². The molecule has 0 radical (unpaired) electrons. The van der Waals surface area contributed by atoms with Gasteiger partial charge in [0.05, 0.1) is 6.20 Å². The van der Waals surface area contributed by atoms with Crippen LogP contribution in [0.1, 0.15) is 0 Å². The minimum atomic E-state index is -1.20. The summed E-state index contributed by atoms with van der Waals surface area (Å²) >= 11 is 0. The molecule has 0 spiro atoms. The number of rotatable bonds is 4. The quantitative estimate of drug-likeness (QED) is 0.387. The third kappa shape index (κ3) is 3.21. The van der Waals surface area contributed by atoms with E-state index in [4.69, 9.17) is 0 Å². The van der Waals surface area contributed by atoms with Crippen LogP contribution in [-0.4, -0.2) is 46.3 Å². The van der Waals surface area contributed by atoms with E-state index in [0.717, 1.165) is 36.8 Å². The van der Waals surface area contributed by atoms with Gasteiger partial charge in [0.25, 0.3) is 23.6 Å². The summed E-state index contributed by atoms with van der Waals surface area (Å²) in [4.78, 5) is 57.1. The van der Waals surface area contributed by atoms with Gasteiger partial charge in [-0.3, -0.25) is 19.2 Å². The zero-order chi connectivity index (χ0) is 15.4. The van der Waals surface area contributed by atoms with Crippen LogP contribution in [0.4, 0.5) is 4.79 Å². The lowest BCUT2D eigenvalue weighted by Gasteiger charge is -2.12. The average molecular weight is 292 g/mol. The van der Waals surface area contributed by atoms with Gasteiger partial charge >= 0.3 is 6.16 Å². The van der Waals surface area contributed by atoms with E-state index in [0.29, 0.717) is 9.80 Å². The number of hydrogen-bond donors (Lipinski definition) is 0. The Bertz CT molecular complexity index is 581. The van der Waals surface area contributed by atoms with E-state index in [-0.39, 0.29) is 0 Å². The third-order valence-electron chi connectivity index (χ3n) is 2.43. The molecule has 0 unspecified atom stereocenters. The van der Waals surface area contributed by atoms with E-state index in [1.165, 1.54) is 0 Å². The van der Waals surface area contributed by atoms with Gasteiger partial charge < -0.3 is 9.47 Å². The molecule has 0 fully saturated rings. The van der Waals surface area contributed by atoms with Crippen molar-refractivity contribution >= 4 is 29.8 Å². The summed E-state index contributed by atoms with van der Waals surface area (Å²) in [6.07, 6.45) is 4.70. The monoisotopic (exact) mass is 292 g/mol. The van der Waals surface area contributed by atoms with Gasteiger partial charge in [0, 0.05) is 24.3 Å². The Morgan fingerprint density at radius 3 is 2.05 bits per heavy atom. The van der Waals surface area contributed by atoms with Gasteiger partial charge in [-0.15, -0.1) is 0 Å². The van der Waals surface area contributed by atoms with Crippen molar-refractivity contribution in [3.05, 3.63) is 36.8 Å². The van der Waals surface area contributed by atoms with Gasteiger partial charge in [0.15, 0.2) is 6.73 Å². The van der Waals surface area contributed by atoms with Crippen molar-refractivity contribution in [2.75, 3.05) is 6.73 Å². The first kappa shape index (κ1) is 14.2. The van der Waals surface area contributed by atoms with E-state index in [2.05, 4.69) is 9.47 Å². The summed E-state index contributed by atoms with van der Waals surface area (Å²) < 4.78 is 8.96. The highest BCUT2D eigenvalue weighted by atomic mass is 16.7. The lowest BCUT2D eigenvalue weighted by Crippen LogP contribution is -2.33. The lowest BCUT2D eigenvalue weighted by atomic mass is 10.6. The molecule has 0 atom stereocenters. The Labute approximate surface area is 117 Å². The van der Waals surface area contributed by atoms with Gasteiger partial charge in [0.2, 0.25) is 0 Å². The largest absolute Gasteiger partial charge is 0.515 e. The van der Waals surface area contributed by atoms with Gasteiger partial charge in [-0.25, -0.2) is 14.6 Å². The van der Waals surface area contributed by atoms with Crippen LogP contribution in [0.5, 0.6) is 0 Å². The number of hydrogen-bond acceptors (Lipinski definition) is 7. The number of nitrogens with zero attached hydrogens (tertiary/aromatic N) is 2. The molecule has 9 heteroatoms. The first-order valence-corrected chi connectivity index (χ1v) is 5.58. The zero-order valence-electron chi connectivity index (χ0n) is 10.4. The number of ether oxygens (including phenoxy) is 2. The maximum Gasteiger partial charge on any atom is 0.515 e. The van der Waals surface area contributed by atoms with E-state index in [1.54, 1.807) is 0 Å². The lowest BCUT2D eigenvalue weighted by molar-refractivity contribution is -0.141. The van der Waals surface area contributed by atoms with E-state index in [1.807, 2.05) is 0 Å². The summed E-state index contributed by atoms with van der Waals surface area (Å²) in [6.45, 7) is -0.597. The minimum Gasteiger partial charge on any atom is -0.412 e. The summed E-state index contributed by atoms with van der Waals surface area (Å²) in [5.74, 6) is -2.37. The van der Waals surface area contributed by atoms with Crippen LogP contribution in [0.3, 0.4) is 0 Å². The summed E-state index contributed by atoms with van der Waals surface area (Å²) in [5, 5.41) is 0. The molecule has 2 heterocycles. The van der Waals surface area contributed by atoms with Crippen LogP contribution in [0.2, 0.25) is 0 Å². The number of carbonyl (C=O) groups excluding carboxylic acids is 5. The first-order valence-electron chi connectivity index (χ1n) is 5.58.